The van der Waals surface area contributed by atoms with Crippen LogP contribution in [0.4, 0.5) is 24.7 Å². The molecule has 2 amide bonds. The molecule has 42 heavy (non-hydrogen) atoms. The quantitative estimate of drug-likeness (QED) is 0.460. The lowest BCUT2D eigenvalue weighted by molar-refractivity contribution is -0.135. The number of halogens is 4. The highest BCUT2D eigenvalue weighted by Crippen LogP contribution is 2.39. The molecule has 4 heterocycles. The number of ether oxygens (including phenoxy) is 2. The lowest BCUT2D eigenvalue weighted by atomic mass is 9.96. The van der Waals surface area contributed by atoms with Gasteiger partial charge in [-0.15, -0.1) is 0 Å². The fraction of sp³-hybridized carbons (Fsp3) is 0.552. The van der Waals surface area contributed by atoms with Gasteiger partial charge in [0.15, 0.2) is 5.60 Å². The Morgan fingerprint density at radius 2 is 1.79 bits per heavy atom. The number of carbonyl (C=O) groups excluding carboxylic acids is 2. The van der Waals surface area contributed by atoms with Crippen molar-refractivity contribution < 1.29 is 32.2 Å². The normalized spacial score (nSPS) is 22.6. The molecule has 3 fully saturated rings. The number of nitrogens with one attached hydrogen (secondary N) is 2. The predicted molar refractivity (Wildman–Crippen MR) is 152 cm³/mol. The number of aromatic nitrogens is 1. The third kappa shape index (κ3) is 7.03. The highest BCUT2D eigenvalue weighted by molar-refractivity contribution is 6.31. The molecule has 3 aliphatic heterocycles. The van der Waals surface area contributed by atoms with Crippen molar-refractivity contribution in [2.75, 3.05) is 42.6 Å². The maximum Gasteiger partial charge on any atom is 0.405 e. The Bertz CT molecular complexity index is 1270. The number of benzene rings is 1. The van der Waals surface area contributed by atoms with Gasteiger partial charge in [-0.1, -0.05) is 11.6 Å². The van der Waals surface area contributed by atoms with Crippen molar-refractivity contribution in [3.63, 3.8) is 0 Å². The van der Waals surface area contributed by atoms with E-state index >= 15 is 0 Å². The van der Waals surface area contributed by atoms with Gasteiger partial charge in [-0.3, -0.25) is 9.59 Å². The molecule has 0 aliphatic carbocycles. The zero-order chi connectivity index (χ0) is 30.1. The Morgan fingerprint density at radius 3 is 2.40 bits per heavy atom. The van der Waals surface area contributed by atoms with Crippen LogP contribution in [0, 0.1) is 0 Å². The first-order valence-electron chi connectivity index (χ1n) is 14.1. The van der Waals surface area contributed by atoms with Crippen LogP contribution in [-0.2, 0) is 9.53 Å². The van der Waals surface area contributed by atoms with Crippen LogP contribution in [0.15, 0.2) is 36.5 Å². The average Bonchev–Trinajstić information content (AvgIpc) is 3.22. The van der Waals surface area contributed by atoms with Crippen molar-refractivity contribution >= 4 is 34.9 Å². The Kier molecular flexibility index (Phi) is 8.75. The van der Waals surface area contributed by atoms with E-state index in [2.05, 4.69) is 20.1 Å². The van der Waals surface area contributed by atoms with E-state index in [-0.39, 0.29) is 29.6 Å². The highest BCUT2D eigenvalue weighted by Gasteiger charge is 2.43. The first-order valence-corrected chi connectivity index (χ1v) is 14.5. The Hall–Kier alpha value is -3.25. The molecule has 0 saturated carbocycles. The Labute approximate surface area is 247 Å². The highest BCUT2D eigenvalue weighted by atomic mass is 35.5. The van der Waals surface area contributed by atoms with Crippen LogP contribution in [0.2, 0.25) is 5.02 Å². The molecule has 9 nitrogen and oxygen atoms in total. The number of fused-ring (bicyclic) bond motifs is 2. The number of hydrogen-bond acceptors (Lipinski definition) is 7. The van der Waals surface area contributed by atoms with Gasteiger partial charge in [0.05, 0.1) is 24.5 Å². The molecule has 3 saturated heterocycles. The molecule has 2 bridgehead atoms. The molecular weight excluding hydrogens is 575 g/mol. The number of morpholine rings is 1. The summed E-state index contributed by atoms with van der Waals surface area (Å²) in [5, 5.41) is 5.64. The largest absolute Gasteiger partial charge is 0.476 e. The monoisotopic (exact) mass is 609 g/mol. The van der Waals surface area contributed by atoms with Gasteiger partial charge in [-0.2, -0.15) is 13.2 Å². The fourth-order valence-corrected chi connectivity index (χ4v) is 6.10. The average molecular weight is 610 g/mol. The van der Waals surface area contributed by atoms with E-state index < -0.39 is 24.2 Å². The number of pyridine rings is 1. The van der Waals surface area contributed by atoms with Crippen LogP contribution < -0.4 is 25.2 Å². The number of alkyl halides is 3. The summed E-state index contributed by atoms with van der Waals surface area (Å²) in [5.74, 6) is 0.214. The van der Waals surface area contributed by atoms with E-state index in [0.717, 1.165) is 18.5 Å². The summed E-state index contributed by atoms with van der Waals surface area (Å²) in [6.45, 7) is 4.72. The smallest absolute Gasteiger partial charge is 0.405 e. The molecule has 1 unspecified atom stereocenters. The topological polar surface area (TPSA) is 96.0 Å². The van der Waals surface area contributed by atoms with Gasteiger partial charge in [0.25, 0.3) is 11.8 Å². The van der Waals surface area contributed by atoms with Crippen molar-refractivity contribution in [2.24, 2.45) is 0 Å². The second kappa shape index (κ2) is 12.2. The van der Waals surface area contributed by atoms with Gasteiger partial charge < -0.3 is 29.9 Å². The molecule has 3 atom stereocenters. The van der Waals surface area contributed by atoms with Gasteiger partial charge in [-0.25, -0.2) is 4.98 Å². The summed E-state index contributed by atoms with van der Waals surface area (Å²) in [4.78, 5) is 34.2. The standard InChI is InChI=1S/C29H35ClF3N5O4/c1-28(2,42-24-7-4-19(30)13-23(24)37-9-11-41-12-10-37)27(40)36-20-14-21-5-6-22(15-20)38(21)25-8-3-18(16-34-25)26(39)35-17-29(31,32)33/h3-4,7-8,13,16,20-22H,5-6,9-12,14-15,17H2,1-2H3,(H,35,39)(H,36,40)/t20?,21-,22+. The molecule has 0 spiro atoms. The van der Waals surface area contributed by atoms with Gasteiger partial charge >= 0.3 is 6.18 Å². The van der Waals surface area contributed by atoms with Crippen molar-refractivity contribution in [1.82, 2.24) is 15.6 Å². The molecule has 2 aromatic rings. The molecule has 3 aliphatic rings. The Balaban J connectivity index is 1.20. The fourth-order valence-electron chi connectivity index (χ4n) is 5.93. The van der Waals surface area contributed by atoms with E-state index in [1.165, 1.54) is 12.3 Å². The molecule has 228 valence electrons. The van der Waals surface area contributed by atoms with Crippen molar-refractivity contribution in [3.8, 4) is 5.75 Å². The van der Waals surface area contributed by atoms with Crippen molar-refractivity contribution in [3.05, 3.63) is 47.1 Å². The molecule has 13 heteroatoms. The molecular formula is C29H35ClF3N5O4. The lowest BCUT2D eigenvalue weighted by Gasteiger charge is -2.41. The van der Waals surface area contributed by atoms with E-state index in [0.29, 0.717) is 55.7 Å². The number of rotatable bonds is 8. The van der Waals surface area contributed by atoms with Crippen LogP contribution in [0.5, 0.6) is 5.75 Å². The lowest BCUT2D eigenvalue weighted by Crippen LogP contribution is -2.55. The molecule has 1 aromatic carbocycles. The van der Waals surface area contributed by atoms with Gasteiger partial charge in [0, 0.05) is 42.4 Å². The number of anilines is 2. The summed E-state index contributed by atoms with van der Waals surface area (Å²) in [5.41, 5.74) is -0.249. The Morgan fingerprint density at radius 1 is 1.10 bits per heavy atom. The van der Waals surface area contributed by atoms with Crippen LogP contribution in [0.1, 0.15) is 49.9 Å². The van der Waals surface area contributed by atoms with Crippen LogP contribution in [0.25, 0.3) is 0 Å². The minimum Gasteiger partial charge on any atom is -0.476 e. The van der Waals surface area contributed by atoms with Gasteiger partial charge in [0.2, 0.25) is 0 Å². The predicted octanol–water partition coefficient (Wildman–Crippen LogP) is 4.34. The number of hydrogen-bond donors (Lipinski definition) is 2. The first-order chi connectivity index (χ1) is 19.9. The third-order valence-corrected chi connectivity index (χ3v) is 8.21. The van der Waals surface area contributed by atoms with E-state index in [1.54, 1.807) is 32.0 Å². The van der Waals surface area contributed by atoms with E-state index in [4.69, 9.17) is 21.1 Å². The summed E-state index contributed by atoms with van der Waals surface area (Å²) in [7, 11) is 0. The van der Waals surface area contributed by atoms with Crippen molar-refractivity contribution in [2.45, 2.75) is 69.4 Å². The molecule has 5 rings (SSSR count). The second-order valence-corrected chi connectivity index (χ2v) is 11.9. The zero-order valence-corrected chi connectivity index (χ0v) is 24.3. The molecule has 1 aromatic heterocycles. The molecule has 2 N–H and O–H groups in total. The second-order valence-electron chi connectivity index (χ2n) is 11.5. The van der Waals surface area contributed by atoms with Crippen LogP contribution >= 0.6 is 11.6 Å². The summed E-state index contributed by atoms with van der Waals surface area (Å²) in [6, 6.07) is 8.77. The minimum atomic E-state index is -4.48. The van der Waals surface area contributed by atoms with E-state index in [9.17, 15) is 22.8 Å². The first kappa shape index (κ1) is 30.2. The summed E-state index contributed by atoms with van der Waals surface area (Å²) >= 11 is 6.28. The van der Waals surface area contributed by atoms with Crippen LogP contribution in [-0.4, -0.2) is 79.5 Å². The minimum absolute atomic E-state index is 0.0505. The maximum atomic E-state index is 13.5. The number of piperidine rings is 1. The number of carbonyl (C=O) groups is 2. The van der Waals surface area contributed by atoms with Crippen LogP contribution in [0.3, 0.4) is 0 Å². The SMILES string of the molecule is CC(C)(Oc1ccc(Cl)cc1N1CCOCC1)C(=O)NC1C[C@H]2CC[C@@H](C1)N2c1ccc(C(=O)NCC(F)(F)F)cn1. The summed E-state index contributed by atoms with van der Waals surface area (Å²) in [6.07, 6.45) is 0.114. The van der Waals surface area contributed by atoms with Gasteiger partial charge in [0.1, 0.15) is 18.1 Å². The molecule has 0 radical (unpaired) electrons. The van der Waals surface area contributed by atoms with Gasteiger partial charge in [-0.05, 0) is 69.9 Å². The third-order valence-electron chi connectivity index (χ3n) is 7.98. The number of nitrogens with zero attached hydrogens (tertiary/aromatic N) is 3. The zero-order valence-electron chi connectivity index (χ0n) is 23.5. The number of amides is 2. The van der Waals surface area contributed by atoms with E-state index in [1.807, 2.05) is 11.4 Å². The van der Waals surface area contributed by atoms with Crippen molar-refractivity contribution in [1.29, 1.82) is 0 Å². The summed E-state index contributed by atoms with van der Waals surface area (Å²) < 4.78 is 49.0. The maximum absolute atomic E-state index is 13.5.